The fraction of sp³-hybridized carbons (Fsp3) is 0.500. The first-order chi connectivity index (χ1) is 12.8. The number of aryl methyl sites for hydroxylation is 2. The highest BCUT2D eigenvalue weighted by Gasteiger charge is 1.97. The van der Waals surface area contributed by atoms with Crippen molar-refractivity contribution in [2.45, 2.75) is 65.5 Å². The summed E-state index contributed by atoms with van der Waals surface area (Å²) in [5, 5.41) is 7.04. The van der Waals surface area contributed by atoms with E-state index in [0.29, 0.717) is 0 Å². The van der Waals surface area contributed by atoms with Crippen LogP contribution in [0.2, 0.25) is 0 Å². The average Bonchev–Trinajstić information content (AvgIpc) is 2.69. The van der Waals surface area contributed by atoms with Gasteiger partial charge >= 0.3 is 0 Å². The Labute approximate surface area is 160 Å². The summed E-state index contributed by atoms with van der Waals surface area (Å²) in [5.74, 6) is 0. The molecule has 0 saturated carbocycles. The monoisotopic (exact) mass is 352 g/mol. The summed E-state index contributed by atoms with van der Waals surface area (Å²) in [6.07, 6.45) is 7.50. The lowest BCUT2D eigenvalue weighted by molar-refractivity contribution is 0.611. The molecule has 2 N–H and O–H groups in total. The predicted octanol–water partition coefficient (Wildman–Crippen LogP) is 5.25. The van der Waals surface area contributed by atoms with Gasteiger partial charge in [0.2, 0.25) is 0 Å². The first-order valence-electron chi connectivity index (χ1n) is 10.4. The molecule has 2 aromatic rings. The van der Waals surface area contributed by atoms with Crippen molar-refractivity contribution in [1.82, 2.24) is 10.6 Å². The summed E-state index contributed by atoms with van der Waals surface area (Å²) in [6, 6.07) is 18.1. The molecule has 0 aromatic heterocycles. The Balaban J connectivity index is 1.56. The van der Waals surface area contributed by atoms with Crippen LogP contribution >= 0.6 is 0 Å². The Morgan fingerprint density at radius 2 is 0.885 bits per heavy atom. The second-order valence-corrected chi connectivity index (χ2v) is 7.19. The normalized spacial score (nSPS) is 11.0. The van der Waals surface area contributed by atoms with Crippen molar-refractivity contribution in [2.75, 3.05) is 13.1 Å². The third-order valence-corrected chi connectivity index (χ3v) is 4.82. The van der Waals surface area contributed by atoms with E-state index in [1.54, 1.807) is 0 Å². The first-order valence-corrected chi connectivity index (χ1v) is 10.4. The molecule has 26 heavy (non-hydrogen) atoms. The highest BCUT2D eigenvalue weighted by Crippen LogP contribution is 2.08. The highest BCUT2D eigenvalue weighted by molar-refractivity contribution is 5.23. The molecule has 0 saturated heterocycles. The van der Waals surface area contributed by atoms with Crippen LogP contribution in [0, 0.1) is 0 Å². The maximum absolute atomic E-state index is 3.52. The van der Waals surface area contributed by atoms with Gasteiger partial charge in [0.1, 0.15) is 0 Å². The molecular formula is C24H36N2. The van der Waals surface area contributed by atoms with E-state index in [4.69, 9.17) is 0 Å². The maximum Gasteiger partial charge on any atom is 0.0206 e. The molecule has 2 aromatic carbocycles. The Morgan fingerprint density at radius 1 is 0.538 bits per heavy atom. The lowest BCUT2D eigenvalue weighted by Gasteiger charge is -2.08. The lowest BCUT2D eigenvalue weighted by Crippen LogP contribution is -2.26. The van der Waals surface area contributed by atoms with E-state index in [9.17, 15) is 0 Å². The van der Waals surface area contributed by atoms with E-state index in [0.717, 1.165) is 26.2 Å². The van der Waals surface area contributed by atoms with Gasteiger partial charge in [0.25, 0.3) is 0 Å². The summed E-state index contributed by atoms with van der Waals surface area (Å²) < 4.78 is 0. The Kier molecular flexibility index (Phi) is 10.1. The SMILES string of the molecule is CCCCc1ccc(CNCCNCc2ccc(CCCC)cc2)cc1. The average molecular weight is 353 g/mol. The molecule has 0 spiro atoms. The molecule has 0 fully saturated rings. The number of rotatable bonds is 13. The van der Waals surface area contributed by atoms with Crippen LogP contribution in [0.1, 0.15) is 61.8 Å². The Bertz CT molecular complexity index is 531. The standard InChI is InChI=1S/C24H36N2/c1-3-5-7-21-9-13-23(14-10-21)19-25-17-18-26-20-24-15-11-22(12-16-24)8-6-4-2/h9-16,25-26H,3-8,17-20H2,1-2H3. The summed E-state index contributed by atoms with van der Waals surface area (Å²) in [4.78, 5) is 0. The van der Waals surface area contributed by atoms with Gasteiger partial charge in [0.15, 0.2) is 0 Å². The van der Waals surface area contributed by atoms with Crippen molar-refractivity contribution < 1.29 is 0 Å². The van der Waals surface area contributed by atoms with Crippen molar-refractivity contribution in [1.29, 1.82) is 0 Å². The molecule has 0 unspecified atom stereocenters. The van der Waals surface area contributed by atoms with Gasteiger partial charge in [-0.1, -0.05) is 75.2 Å². The van der Waals surface area contributed by atoms with Gasteiger partial charge in [0.05, 0.1) is 0 Å². The van der Waals surface area contributed by atoms with Crippen LogP contribution in [0.3, 0.4) is 0 Å². The number of hydrogen-bond acceptors (Lipinski definition) is 2. The van der Waals surface area contributed by atoms with Gasteiger partial charge in [-0.2, -0.15) is 0 Å². The van der Waals surface area contributed by atoms with Crippen molar-refractivity contribution in [3.8, 4) is 0 Å². The highest BCUT2D eigenvalue weighted by atomic mass is 14.9. The molecular weight excluding hydrogens is 316 g/mol. The van der Waals surface area contributed by atoms with Gasteiger partial charge in [-0.25, -0.2) is 0 Å². The van der Waals surface area contributed by atoms with Crippen LogP contribution in [-0.4, -0.2) is 13.1 Å². The molecule has 2 heteroatoms. The van der Waals surface area contributed by atoms with Crippen molar-refractivity contribution in [3.05, 3.63) is 70.8 Å². The van der Waals surface area contributed by atoms with Gasteiger partial charge in [-0.05, 0) is 47.9 Å². The van der Waals surface area contributed by atoms with Crippen LogP contribution in [-0.2, 0) is 25.9 Å². The molecule has 0 bridgehead atoms. The molecule has 0 atom stereocenters. The smallest absolute Gasteiger partial charge is 0.0206 e. The third kappa shape index (κ3) is 8.16. The molecule has 0 radical (unpaired) electrons. The molecule has 2 nitrogen and oxygen atoms in total. The minimum Gasteiger partial charge on any atom is -0.311 e. The van der Waals surface area contributed by atoms with Crippen molar-refractivity contribution in [2.24, 2.45) is 0 Å². The van der Waals surface area contributed by atoms with Crippen LogP contribution in [0.15, 0.2) is 48.5 Å². The van der Waals surface area contributed by atoms with Crippen molar-refractivity contribution >= 4 is 0 Å². The molecule has 0 aliphatic carbocycles. The molecule has 0 aliphatic rings. The zero-order valence-corrected chi connectivity index (χ0v) is 16.7. The molecule has 0 heterocycles. The zero-order chi connectivity index (χ0) is 18.5. The van der Waals surface area contributed by atoms with Crippen LogP contribution in [0.25, 0.3) is 0 Å². The molecule has 0 amide bonds. The third-order valence-electron chi connectivity index (χ3n) is 4.82. The van der Waals surface area contributed by atoms with E-state index >= 15 is 0 Å². The number of hydrogen-bond donors (Lipinski definition) is 2. The van der Waals surface area contributed by atoms with Gasteiger partial charge in [-0.3, -0.25) is 0 Å². The fourth-order valence-electron chi connectivity index (χ4n) is 3.05. The maximum atomic E-state index is 3.52. The minimum absolute atomic E-state index is 0.946. The molecule has 0 aliphatic heterocycles. The topological polar surface area (TPSA) is 24.1 Å². The first kappa shape index (κ1) is 20.7. The summed E-state index contributed by atoms with van der Waals surface area (Å²) in [5.41, 5.74) is 5.65. The van der Waals surface area contributed by atoms with Gasteiger partial charge in [0, 0.05) is 26.2 Å². The number of nitrogens with one attached hydrogen (secondary N) is 2. The second-order valence-electron chi connectivity index (χ2n) is 7.19. The quantitative estimate of drug-likeness (QED) is 0.481. The second kappa shape index (κ2) is 12.7. The molecule has 142 valence electrons. The lowest BCUT2D eigenvalue weighted by atomic mass is 10.1. The summed E-state index contributed by atoms with van der Waals surface area (Å²) in [7, 11) is 0. The van der Waals surface area contributed by atoms with E-state index < -0.39 is 0 Å². The predicted molar refractivity (Wildman–Crippen MR) is 114 cm³/mol. The van der Waals surface area contributed by atoms with Crippen LogP contribution in [0.4, 0.5) is 0 Å². The van der Waals surface area contributed by atoms with Crippen LogP contribution < -0.4 is 10.6 Å². The van der Waals surface area contributed by atoms with Gasteiger partial charge in [-0.15, -0.1) is 0 Å². The van der Waals surface area contributed by atoms with E-state index in [2.05, 4.69) is 73.0 Å². The minimum atomic E-state index is 0.946. The number of benzene rings is 2. The van der Waals surface area contributed by atoms with Crippen molar-refractivity contribution in [3.63, 3.8) is 0 Å². The largest absolute Gasteiger partial charge is 0.311 e. The van der Waals surface area contributed by atoms with E-state index in [1.165, 1.54) is 60.8 Å². The van der Waals surface area contributed by atoms with Gasteiger partial charge < -0.3 is 10.6 Å². The van der Waals surface area contributed by atoms with E-state index in [1.807, 2.05) is 0 Å². The fourth-order valence-corrected chi connectivity index (χ4v) is 3.05. The summed E-state index contributed by atoms with van der Waals surface area (Å²) >= 11 is 0. The zero-order valence-electron chi connectivity index (χ0n) is 16.7. The Morgan fingerprint density at radius 3 is 1.23 bits per heavy atom. The molecule has 2 rings (SSSR count). The Hall–Kier alpha value is -1.64. The summed E-state index contributed by atoms with van der Waals surface area (Å²) in [6.45, 7) is 8.37. The van der Waals surface area contributed by atoms with E-state index in [-0.39, 0.29) is 0 Å². The van der Waals surface area contributed by atoms with Crippen LogP contribution in [0.5, 0.6) is 0 Å². The number of unbranched alkanes of at least 4 members (excludes halogenated alkanes) is 2.